The van der Waals surface area contributed by atoms with Crippen LogP contribution < -0.4 is 5.46 Å². The lowest BCUT2D eigenvalue weighted by Gasteiger charge is -2.32. The zero-order valence-electron chi connectivity index (χ0n) is 11.7. The van der Waals surface area contributed by atoms with Crippen LogP contribution in [0, 0.1) is 5.82 Å². The predicted octanol–water partition coefficient (Wildman–Crippen LogP) is 3.50. The van der Waals surface area contributed by atoms with Crippen molar-refractivity contribution in [1.82, 2.24) is 0 Å². The number of rotatable bonds is 2. The Morgan fingerprint density at radius 1 is 1.16 bits per heavy atom. The van der Waals surface area contributed by atoms with Gasteiger partial charge >= 0.3 is 7.12 Å². The van der Waals surface area contributed by atoms with Crippen LogP contribution in [0.4, 0.5) is 4.39 Å². The molecule has 1 saturated heterocycles. The number of hydrogen-bond donors (Lipinski definition) is 0. The Hall–Kier alpha value is -0.225. The Balaban J connectivity index is 2.45. The van der Waals surface area contributed by atoms with Gasteiger partial charge in [-0.3, -0.25) is 0 Å². The summed E-state index contributed by atoms with van der Waals surface area (Å²) in [5, 5.41) is 0.328. The van der Waals surface area contributed by atoms with Crippen LogP contribution in [0.1, 0.15) is 27.7 Å². The summed E-state index contributed by atoms with van der Waals surface area (Å²) < 4.78 is 26.1. The SMILES string of the molecule is CSc1ccc(Cl)c(B2OC(C)(C)C(C)(C)O2)c1F. The molecule has 1 fully saturated rings. The van der Waals surface area contributed by atoms with Crippen LogP contribution in [-0.2, 0) is 9.31 Å². The summed E-state index contributed by atoms with van der Waals surface area (Å²) >= 11 is 7.45. The summed E-state index contributed by atoms with van der Waals surface area (Å²) in [6.45, 7) is 7.71. The van der Waals surface area contributed by atoms with Gasteiger partial charge in [0, 0.05) is 15.4 Å². The maximum absolute atomic E-state index is 14.4. The van der Waals surface area contributed by atoms with E-state index in [9.17, 15) is 4.39 Å². The van der Waals surface area contributed by atoms with Crippen LogP contribution >= 0.6 is 23.4 Å². The molecular weight excluding hydrogens is 285 g/mol. The summed E-state index contributed by atoms with van der Waals surface area (Å²) in [6, 6.07) is 3.34. The third kappa shape index (κ3) is 2.53. The van der Waals surface area contributed by atoms with Gasteiger partial charge in [0.15, 0.2) is 0 Å². The van der Waals surface area contributed by atoms with Crippen LogP contribution in [0.2, 0.25) is 5.02 Å². The van der Waals surface area contributed by atoms with E-state index in [1.807, 2.05) is 34.0 Å². The molecule has 2 nitrogen and oxygen atoms in total. The van der Waals surface area contributed by atoms with E-state index in [1.54, 1.807) is 12.1 Å². The first kappa shape index (κ1) is 15.2. The monoisotopic (exact) mass is 302 g/mol. The standard InChI is InChI=1S/C13H17BClFO2S/c1-12(2)13(3,4)18-14(17-12)10-8(15)6-7-9(19-5)11(10)16/h6-7H,1-5H3. The van der Waals surface area contributed by atoms with Crippen LogP contribution in [0.15, 0.2) is 17.0 Å². The highest BCUT2D eigenvalue weighted by Crippen LogP contribution is 2.37. The van der Waals surface area contributed by atoms with Crippen LogP contribution in [0.3, 0.4) is 0 Å². The molecule has 2 rings (SSSR count). The highest BCUT2D eigenvalue weighted by atomic mass is 35.5. The molecule has 0 unspecified atom stereocenters. The second-order valence-electron chi connectivity index (χ2n) is 5.57. The first-order chi connectivity index (χ1) is 8.69. The second kappa shape index (κ2) is 4.95. The Kier molecular flexibility index (Phi) is 3.96. The van der Waals surface area contributed by atoms with Gasteiger partial charge in [-0.25, -0.2) is 4.39 Å². The molecule has 0 atom stereocenters. The fourth-order valence-corrected chi connectivity index (χ4v) is 2.61. The van der Waals surface area contributed by atoms with Gasteiger partial charge in [-0.05, 0) is 46.1 Å². The molecule has 0 bridgehead atoms. The average molecular weight is 303 g/mol. The van der Waals surface area contributed by atoms with E-state index in [0.29, 0.717) is 9.92 Å². The van der Waals surface area contributed by atoms with E-state index in [1.165, 1.54) is 11.8 Å². The van der Waals surface area contributed by atoms with Gasteiger partial charge in [-0.1, -0.05) is 11.6 Å². The van der Waals surface area contributed by atoms with Gasteiger partial charge in [-0.2, -0.15) is 0 Å². The molecule has 0 spiro atoms. The molecule has 1 aliphatic heterocycles. The number of benzene rings is 1. The Morgan fingerprint density at radius 2 is 1.68 bits per heavy atom. The molecule has 0 radical (unpaired) electrons. The highest BCUT2D eigenvalue weighted by Gasteiger charge is 2.53. The van der Waals surface area contributed by atoms with Gasteiger partial charge in [0.05, 0.1) is 11.2 Å². The van der Waals surface area contributed by atoms with Gasteiger partial charge in [0.2, 0.25) is 0 Å². The first-order valence-corrected chi connectivity index (χ1v) is 7.67. The van der Waals surface area contributed by atoms with E-state index in [2.05, 4.69) is 0 Å². The molecule has 6 heteroatoms. The van der Waals surface area contributed by atoms with E-state index >= 15 is 0 Å². The molecule has 1 aromatic rings. The van der Waals surface area contributed by atoms with Crippen molar-refractivity contribution in [3.8, 4) is 0 Å². The summed E-state index contributed by atoms with van der Waals surface area (Å²) in [4.78, 5) is 0.536. The lowest BCUT2D eigenvalue weighted by atomic mass is 9.78. The summed E-state index contributed by atoms with van der Waals surface area (Å²) in [6.07, 6.45) is 1.82. The summed E-state index contributed by atoms with van der Waals surface area (Å²) in [5.41, 5.74) is -0.738. The van der Waals surface area contributed by atoms with Gasteiger partial charge < -0.3 is 9.31 Å². The molecule has 104 valence electrons. The lowest BCUT2D eigenvalue weighted by molar-refractivity contribution is 0.00578. The molecular formula is C13H17BClFO2S. The van der Waals surface area contributed by atoms with Crippen molar-refractivity contribution < 1.29 is 13.7 Å². The Morgan fingerprint density at radius 3 is 2.16 bits per heavy atom. The summed E-state index contributed by atoms with van der Waals surface area (Å²) in [5.74, 6) is -0.362. The quantitative estimate of drug-likeness (QED) is 0.615. The normalized spacial score (nSPS) is 20.9. The molecule has 0 aromatic heterocycles. The van der Waals surface area contributed by atoms with Crippen molar-refractivity contribution in [2.24, 2.45) is 0 Å². The summed E-state index contributed by atoms with van der Waals surface area (Å²) in [7, 11) is -0.774. The molecule has 1 heterocycles. The van der Waals surface area contributed by atoms with Crippen LogP contribution in [0.5, 0.6) is 0 Å². The highest BCUT2D eigenvalue weighted by molar-refractivity contribution is 7.98. The zero-order chi connectivity index (χ0) is 14.4. The van der Waals surface area contributed by atoms with Crippen molar-refractivity contribution in [2.45, 2.75) is 43.8 Å². The molecule has 0 aliphatic carbocycles. The molecule has 0 N–H and O–H groups in total. The fourth-order valence-electron chi connectivity index (χ4n) is 1.88. The third-order valence-corrected chi connectivity index (χ3v) is 4.88. The van der Waals surface area contributed by atoms with Crippen molar-refractivity contribution in [2.75, 3.05) is 6.26 Å². The zero-order valence-corrected chi connectivity index (χ0v) is 13.3. The fraction of sp³-hybridized carbons (Fsp3) is 0.538. The van der Waals surface area contributed by atoms with E-state index in [-0.39, 0.29) is 11.3 Å². The minimum atomic E-state index is -0.774. The Labute approximate surface area is 123 Å². The third-order valence-electron chi connectivity index (χ3n) is 3.80. The molecule has 0 amide bonds. The van der Waals surface area contributed by atoms with Crippen molar-refractivity contribution in [3.63, 3.8) is 0 Å². The smallest absolute Gasteiger partial charge is 0.399 e. The lowest BCUT2D eigenvalue weighted by Crippen LogP contribution is -2.41. The topological polar surface area (TPSA) is 18.5 Å². The second-order valence-corrected chi connectivity index (χ2v) is 6.82. The largest absolute Gasteiger partial charge is 0.499 e. The minimum absolute atomic E-state index is 0.284. The number of halogens is 2. The molecule has 1 aromatic carbocycles. The van der Waals surface area contributed by atoms with Crippen molar-refractivity contribution in [3.05, 3.63) is 23.0 Å². The van der Waals surface area contributed by atoms with E-state index < -0.39 is 18.3 Å². The molecule has 0 saturated carbocycles. The number of thioether (sulfide) groups is 1. The van der Waals surface area contributed by atoms with Crippen molar-refractivity contribution >= 4 is 35.9 Å². The minimum Gasteiger partial charge on any atom is -0.399 e. The first-order valence-electron chi connectivity index (χ1n) is 6.07. The average Bonchev–Trinajstić information content (AvgIpc) is 2.48. The van der Waals surface area contributed by atoms with Crippen LogP contribution in [0.25, 0.3) is 0 Å². The van der Waals surface area contributed by atoms with Gasteiger partial charge in [-0.15, -0.1) is 11.8 Å². The maximum Gasteiger partial charge on any atom is 0.499 e. The van der Waals surface area contributed by atoms with Crippen molar-refractivity contribution in [1.29, 1.82) is 0 Å². The van der Waals surface area contributed by atoms with Gasteiger partial charge in [0.1, 0.15) is 5.82 Å². The Bertz CT molecular complexity index is 492. The van der Waals surface area contributed by atoms with Crippen LogP contribution in [-0.4, -0.2) is 24.6 Å². The maximum atomic E-state index is 14.4. The molecule has 1 aliphatic rings. The number of hydrogen-bond acceptors (Lipinski definition) is 3. The van der Waals surface area contributed by atoms with E-state index in [4.69, 9.17) is 20.9 Å². The predicted molar refractivity (Wildman–Crippen MR) is 78.9 cm³/mol. The van der Waals surface area contributed by atoms with Gasteiger partial charge in [0.25, 0.3) is 0 Å². The molecule has 19 heavy (non-hydrogen) atoms. The van der Waals surface area contributed by atoms with E-state index in [0.717, 1.165) is 0 Å².